The minimum Gasteiger partial charge on any atom is -0.468 e. The summed E-state index contributed by atoms with van der Waals surface area (Å²) < 4.78 is 11.0. The molecule has 0 amide bonds. The molecule has 3 atom stereocenters. The number of hydrogen-bond acceptors (Lipinski definition) is 5. The molecule has 1 aliphatic heterocycles. The molecule has 1 fully saturated rings. The number of benzene rings is 1. The van der Waals surface area contributed by atoms with Gasteiger partial charge in [0.15, 0.2) is 11.7 Å². The monoisotopic (exact) mass is 396 g/mol. The number of methoxy groups -OCH3 is 1. The van der Waals surface area contributed by atoms with Gasteiger partial charge < -0.3 is 9.47 Å². The van der Waals surface area contributed by atoms with Gasteiger partial charge in [-0.1, -0.05) is 35.0 Å². The predicted molar refractivity (Wildman–Crippen MR) is 91.4 cm³/mol. The van der Waals surface area contributed by atoms with Crippen molar-refractivity contribution < 1.29 is 23.9 Å². The number of halogens is 1. The summed E-state index contributed by atoms with van der Waals surface area (Å²) in [5.74, 6) is -3.54. The molecule has 24 heavy (non-hydrogen) atoms. The SMILES string of the molecule is CC[C@H](C(=O)c1ccc(Br)cc1)[C@H]1[C@@H](C(=O)OC)C(=O)OC1(C)C. The third-order valence-corrected chi connectivity index (χ3v) is 5.10. The van der Waals surface area contributed by atoms with Gasteiger partial charge in [-0.2, -0.15) is 0 Å². The van der Waals surface area contributed by atoms with Crippen LogP contribution in [-0.4, -0.2) is 30.4 Å². The number of ether oxygens (including phenoxy) is 2. The third-order valence-electron chi connectivity index (χ3n) is 4.57. The van der Waals surface area contributed by atoms with Gasteiger partial charge in [0.2, 0.25) is 0 Å². The summed E-state index contributed by atoms with van der Waals surface area (Å²) in [6, 6.07) is 7.04. The van der Waals surface area contributed by atoms with E-state index >= 15 is 0 Å². The molecule has 0 bridgehead atoms. The summed E-state index contributed by atoms with van der Waals surface area (Å²) in [7, 11) is 1.23. The van der Waals surface area contributed by atoms with Crippen molar-refractivity contribution in [1.82, 2.24) is 0 Å². The highest BCUT2D eigenvalue weighted by Gasteiger charge is 2.57. The van der Waals surface area contributed by atoms with E-state index in [1.165, 1.54) is 7.11 Å². The molecule has 0 spiro atoms. The lowest BCUT2D eigenvalue weighted by molar-refractivity contribution is -0.156. The van der Waals surface area contributed by atoms with Crippen LogP contribution >= 0.6 is 15.9 Å². The van der Waals surface area contributed by atoms with E-state index < -0.39 is 35.3 Å². The van der Waals surface area contributed by atoms with Crippen molar-refractivity contribution in [3.8, 4) is 0 Å². The predicted octanol–water partition coefficient (Wildman–Crippen LogP) is 3.40. The molecule has 0 N–H and O–H groups in total. The molecule has 0 aliphatic carbocycles. The summed E-state index contributed by atoms with van der Waals surface area (Å²) in [5.41, 5.74) is -0.370. The molecule has 1 saturated heterocycles. The van der Waals surface area contributed by atoms with E-state index in [9.17, 15) is 14.4 Å². The normalized spacial score (nSPS) is 23.5. The number of Topliss-reactive ketones (excluding diaryl/α,β-unsaturated/α-hetero) is 1. The van der Waals surface area contributed by atoms with E-state index in [4.69, 9.17) is 9.47 Å². The molecule has 6 heteroatoms. The van der Waals surface area contributed by atoms with Crippen molar-refractivity contribution in [2.24, 2.45) is 17.8 Å². The van der Waals surface area contributed by atoms with Crippen molar-refractivity contribution in [3.05, 3.63) is 34.3 Å². The summed E-state index contributed by atoms with van der Waals surface area (Å²) in [6.45, 7) is 5.33. The molecule has 1 aromatic carbocycles. The van der Waals surface area contributed by atoms with Gasteiger partial charge in [-0.15, -0.1) is 0 Å². The smallest absolute Gasteiger partial charge is 0.321 e. The second-order valence-electron chi connectivity index (χ2n) is 6.44. The molecule has 0 radical (unpaired) electrons. The molecule has 0 unspecified atom stereocenters. The molecule has 1 heterocycles. The Bertz CT molecular complexity index is 650. The Morgan fingerprint density at radius 2 is 1.88 bits per heavy atom. The number of carbonyl (C=O) groups excluding carboxylic acids is 3. The van der Waals surface area contributed by atoms with Crippen LogP contribution in [0.2, 0.25) is 0 Å². The van der Waals surface area contributed by atoms with Crippen molar-refractivity contribution >= 4 is 33.7 Å². The average Bonchev–Trinajstić information content (AvgIpc) is 2.77. The van der Waals surface area contributed by atoms with Crippen LogP contribution < -0.4 is 0 Å². The van der Waals surface area contributed by atoms with E-state index in [0.29, 0.717) is 12.0 Å². The first-order valence-electron chi connectivity index (χ1n) is 7.83. The number of rotatable bonds is 5. The van der Waals surface area contributed by atoms with Gasteiger partial charge in [0, 0.05) is 21.9 Å². The van der Waals surface area contributed by atoms with E-state index in [1.807, 2.05) is 6.92 Å². The number of ketones is 1. The first-order valence-corrected chi connectivity index (χ1v) is 8.62. The lowest BCUT2D eigenvalue weighted by Gasteiger charge is -2.32. The third kappa shape index (κ3) is 3.38. The molecule has 0 aromatic heterocycles. The minimum absolute atomic E-state index is 0.102. The Labute approximate surface area is 149 Å². The number of esters is 2. The highest BCUT2D eigenvalue weighted by Crippen LogP contribution is 2.44. The Balaban J connectivity index is 2.42. The van der Waals surface area contributed by atoms with Crippen LogP contribution in [0.15, 0.2) is 28.7 Å². The Morgan fingerprint density at radius 1 is 1.29 bits per heavy atom. The first-order chi connectivity index (χ1) is 11.2. The van der Waals surface area contributed by atoms with Crippen molar-refractivity contribution in [3.63, 3.8) is 0 Å². The molecular formula is C18H21BrO5. The summed E-state index contributed by atoms with van der Waals surface area (Å²) in [6.07, 6.45) is 0.493. The zero-order chi connectivity index (χ0) is 18.1. The van der Waals surface area contributed by atoms with Crippen LogP contribution in [0.1, 0.15) is 37.6 Å². The van der Waals surface area contributed by atoms with E-state index in [-0.39, 0.29) is 5.78 Å². The minimum atomic E-state index is -1.07. The Morgan fingerprint density at radius 3 is 2.38 bits per heavy atom. The fraction of sp³-hybridized carbons (Fsp3) is 0.500. The van der Waals surface area contributed by atoms with Crippen molar-refractivity contribution in [2.75, 3.05) is 7.11 Å². The maximum absolute atomic E-state index is 13.0. The number of cyclic esters (lactones) is 1. The van der Waals surface area contributed by atoms with Crippen LogP contribution in [0.25, 0.3) is 0 Å². The molecule has 1 aliphatic rings. The van der Waals surface area contributed by atoms with Crippen LogP contribution in [0, 0.1) is 17.8 Å². The Hall–Kier alpha value is -1.69. The zero-order valence-electron chi connectivity index (χ0n) is 14.2. The highest BCUT2D eigenvalue weighted by molar-refractivity contribution is 9.10. The Kier molecular flexibility index (Phi) is 5.48. The van der Waals surface area contributed by atoms with Gasteiger partial charge in [0.25, 0.3) is 0 Å². The van der Waals surface area contributed by atoms with Crippen molar-refractivity contribution in [1.29, 1.82) is 0 Å². The topological polar surface area (TPSA) is 69.7 Å². The molecule has 130 valence electrons. The first kappa shape index (κ1) is 18.6. The zero-order valence-corrected chi connectivity index (χ0v) is 15.8. The van der Waals surface area contributed by atoms with Gasteiger partial charge in [0.1, 0.15) is 5.60 Å². The van der Waals surface area contributed by atoms with Gasteiger partial charge in [-0.3, -0.25) is 14.4 Å². The van der Waals surface area contributed by atoms with Crippen molar-refractivity contribution in [2.45, 2.75) is 32.8 Å². The van der Waals surface area contributed by atoms with Crippen LogP contribution in [0.4, 0.5) is 0 Å². The highest BCUT2D eigenvalue weighted by atomic mass is 79.9. The fourth-order valence-electron chi connectivity index (χ4n) is 3.46. The largest absolute Gasteiger partial charge is 0.468 e. The van der Waals surface area contributed by atoms with Gasteiger partial charge in [-0.05, 0) is 32.4 Å². The van der Waals surface area contributed by atoms with E-state index in [0.717, 1.165) is 4.47 Å². The molecule has 5 nitrogen and oxygen atoms in total. The lowest BCUT2D eigenvalue weighted by atomic mass is 9.70. The van der Waals surface area contributed by atoms with Gasteiger partial charge >= 0.3 is 11.9 Å². The fourth-order valence-corrected chi connectivity index (χ4v) is 3.72. The summed E-state index contributed by atoms with van der Waals surface area (Å²) in [4.78, 5) is 37.3. The second-order valence-corrected chi connectivity index (χ2v) is 7.35. The summed E-state index contributed by atoms with van der Waals surface area (Å²) in [5, 5.41) is 0. The summed E-state index contributed by atoms with van der Waals surface area (Å²) >= 11 is 3.34. The van der Waals surface area contributed by atoms with E-state index in [1.54, 1.807) is 38.1 Å². The number of carbonyl (C=O) groups is 3. The van der Waals surface area contributed by atoms with Gasteiger partial charge in [0.05, 0.1) is 7.11 Å². The lowest BCUT2D eigenvalue weighted by Crippen LogP contribution is -2.42. The van der Waals surface area contributed by atoms with Crippen LogP contribution in [0.3, 0.4) is 0 Å². The quantitative estimate of drug-likeness (QED) is 0.433. The van der Waals surface area contributed by atoms with E-state index in [2.05, 4.69) is 15.9 Å². The standard InChI is InChI=1S/C18H21BrO5/c1-5-12(15(20)10-6-8-11(19)9-7-10)14-13(16(21)23-4)17(22)24-18(14,2)3/h6-9,12-14H,5H2,1-4H3/t12-,13-,14-/m0/s1. The van der Waals surface area contributed by atoms with Crippen LogP contribution in [-0.2, 0) is 19.1 Å². The molecular weight excluding hydrogens is 376 g/mol. The second kappa shape index (κ2) is 7.05. The van der Waals surface area contributed by atoms with Crippen LogP contribution in [0.5, 0.6) is 0 Å². The van der Waals surface area contributed by atoms with Gasteiger partial charge in [-0.25, -0.2) is 0 Å². The number of hydrogen-bond donors (Lipinski definition) is 0. The average molecular weight is 397 g/mol. The molecule has 2 rings (SSSR count). The molecule has 1 aromatic rings. The maximum atomic E-state index is 13.0. The maximum Gasteiger partial charge on any atom is 0.321 e. The molecule has 0 saturated carbocycles.